The minimum absolute atomic E-state index is 0.189. The molecular formula is C19H29N3O3. The van der Waals surface area contributed by atoms with Crippen LogP contribution >= 0.6 is 0 Å². The molecule has 1 saturated carbocycles. The van der Waals surface area contributed by atoms with Gasteiger partial charge in [0.15, 0.2) is 0 Å². The summed E-state index contributed by atoms with van der Waals surface area (Å²) in [6.07, 6.45) is 5.49. The Morgan fingerprint density at radius 2 is 1.88 bits per heavy atom. The maximum absolute atomic E-state index is 12.2. The van der Waals surface area contributed by atoms with Gasteiger partial charge in [-0.15, -0.1) is 0 Å². The van der Waals surface area contributed by atoms with Crippen molar-refractivity contribution in [3.05, 3.63) is 30.3 Å². The second-order valence-electron chi connectivity index (χ2n) is 6.62. The topological polar surface area (TPSA) is 70.7 Å². The van der Waals surface area contributed by atoms with Crippen molar-refractivity contribution in [1.82, 2.24) is 15.5 Å². The van der Waals surface area contributed by atoms with Crippen LogP contribution < -0.4 is 15.4 Å². The van der Waals surface area contributed by atoms with E-state index in [0.717, 1.165) is 31.4 Å². The number of nitrogens with zero attached hydrogens (tertiary/aromatic N) is 1. The molecule has 1 aromatic carbocycles. The van der Waals surface area contributed by atoms with Crippen molar-refractivity contribution in [2.24, 2.45) is 0 Å². The molecule has 0 heterocycles. The number of ether oxygens (including phenoxy) is 1. The summed E-state index contributed by atoms with van der Waals surface area (Å²) >= 11 is 0. The minimum Gasteiger partial charge on any atom is -0.492 e. The Morgan fingerprint density at radius 1 is 1.20 bits per heavy atom. The van der Waals surface area contributed by atoms with Crippen molar-refractivity contribution in [2.75, 3.05) is 20.2 Å². The van der Waals surface area contributed by atoms with Gasteiger partial charge >= 0.3 is 6.03 Å². The molecule has 0 unspecified atom stereocenters. The van der Waals surface area contributed by atoms with E-state index in [9.17, 15) is 9.59 Å². The SMILES string of the molecule is C[C@@H](C(=O)NC(=O)NC1CCCCC1)N(C)CCOc1ccccc1. The van der Waals surface area contributed by atoms with Gasteiger partial charge in [0.1, 0.15) is 12.4 Å². The molecule has 138 valence electrons. The van der Waals surface area contributed by atoms with Gasteiger partial charge in [-0.2, -0.15) is 0 Å². The van der Waals surface area contributed by atoms with Crippen molar-refractivity contribution in [1.29, 1.82) is 0 Å². The highest BCUT2D eigenvalue weighted by molar-refractivity contribution is 5.96. The zero-order valence-corrected chi connectivity index (χ0v) is 15.2. The molecule has 1 aromatic rings. The molecule has 6 nitrogen and oxygen atoms in total. The highest BCUT2D eigenvalue weighted by Crippen LogP contribution is 2.17. The summed E-state index contributed by atoms with van der Waals surface area (Å²) in [7, 11) is 1.84. The van der Waals surface area contributed by atoms with Crippen LogP contribution in [0.1, 0.15) is 39.0 Å². The third kappa shape index (κ3) is 6.74. The molecule has 0 aromatic heterocycles. The van der Waals surface area contributed by atoms with Crippen molar-refractivity contribution >= 4 is 11.9 Å². The fourth-order valence-corrected chi connectivity index (χ4v) is 2.90. The first-order valence-electron chi connectivity index (χ1n) is 9.05. The summed E-state index contributed by atoms with van der Waals surface area (Å²) < 4.78 is 5.64. The number of likely N-dealkylation sites (N-methyl/N-ethyl adjacent to an activating group) is 1. The van der Waals surface area contributed by atoms with Crippen LogP contribution in [0, 0.1) is 0 Å². The van der Waals surface area contributed by atoms with Crippen LogP contribution in [-0.4, -0.2) is 49.1 Å². The van der Waals surface area contributed by atoms with Crippen LogP contribution in [-0.2, 0) is 4.79 Å². The molecule has 25 heavy (non-hydrogen) atoms. The van der Waals surface area contributed by atoms with Crippen LogP contribution in [0.3, 0.4) is 0 Å². The van der Waals surface area contributed by atoms with Crippen molar-refractivity contribution in [2.45, 2.75) is 51.1 Å². The summed E-state index contributed by atoms with van der Waals surface area (Å²) in [4.78, 5) is 26.0. The molecule has 0 spiro atoms. The number of carbonyl (C=O) groups is 2. The van der Waals surface area contributed by atoms with E-state index < -0.39 is 12.1 Å². The number of benzene rings is 1. The van der Waals surface area contributed by atoms with E-state index in [0.29, 0.717) is 13.2 Å². The molecule has 1 aliphatic carbocycles. The monoisotopic (exact) mass is 347 g/mol. The fourth-order valence-electron chi connectivity index (χ4n) is 2.90. The number of rotatable bonds is 7. The standard InChI is InChI=1S/C19H29N3O3/c1-15(22(2)13-14-25-17-11-7-4-8-12-17)18(23)21-19(24)20-16-9-5-3-6-10-16/h4,7-8,11-12,15-16H,3,5-6,9-10,13-14H2,1-2H3,(H2,20,21,23,24)/t15-/m0/s1. The molecule has 1 fully saturated rings. The second-order valence-corrected chi connectivity index (χ2v) is 6.62. The Hall–Kier alpha value is -2.08. The van der Waals surface area contributed by atoms with Crippen LogP contribution in [0.15, 0.2) is 30.3 Å². The number of imide groups is 1. The van der Waals surface area contributed by atoms with Gasteiger partial charge in [-0.1, -0.05) is 37.5 Å². The van der Waals surface area contributed by atoms with E-state index in [1.54, 1.807) is 6.92 Å². The van der Waals surface area contributed by atoms with E-state index in [1.807, 2.05) is 42.3 Å². The predicted molar refractivity (Wildman–Crippen MR) is 97.6 cm³/mol. The lowest BCUT2D eigenvalue weighted by atomic mass is 9.96. The molecular weight excluding hydrogens is 318 g/mol. The number of hydrogen-bond acceptors (Lipinski definition) is 4. The summed E-state index contributed by atoms with van der Waals surface area (Å²) in [5, 5.41) is 5.34. The van der Waals surface area contributed by atoms with Gasteiger partial charge in [0.2, 0.25) is 5.91 Å². The van der Waals surface area contributed by atoms with Crippen molar-refractivity contribution in [3.63, 3.8) is 0 Å². The van der Waals surface area contributed by atoms with Gasteiger partial charge in [0.25, 0.3) is 0 Å². The lowest BCUT2D eigenvalue weighted by Gasteiger charge is -2.25. The van der Waals surface area contributed by atoms with Gasteiger partial charge in [0.05, 0.1) is 6.04 Å². The largest absolute Gasteiger partial charge is 0.492 e. The Kier molecular flexibility index (Phi) is 7.73. The summed E-state index contributed by atoms with van der Waals surface area (Å²) in [6.45, 7) is 2.85. The molecule has 2 rings (SSSR count). The third-order valence-electron chi connectivity index (χ3n) is 4.67. The maximum Gasteiger partial charge on any atom is 0.321 e. The molecule has 6 heteroatoms. The molecule has 1 atom stereocenters. The average Bonchev–Trinajstić information content (AvgIpc) is 2.62. The average molecular weight is 347 g/mol. The number of carbonyl (C=O) groups excluding carboxylic acids is 2. The summed E-state index contributed by atoms with van der Waals surface area (Å²) in [5.74, 6) is 0.510. The number of nitrogens with one attached hydrogen (secondary N) is 2. The first-order chi connectivity index (χ1) is 12.1. The number of urea groups is 1. The zero-order valence-electron chi connectivity index (χ0n) is 15.2. The Labute approximate surface area is 149 Å². The van der Waals surface area contributed by atoms with E-state index in [-0.39, 0.29) is 11.9 Å². The van der Waals surface area contributed by atoms with Crippen LogP contribution in [0.5, 0.6) is 5.75 Å². The highest BCUT2D eigenvalue weighted by Gasteiger charge is 2.22. The first-order valence-corrected chi connectivity index (χ1v) is 9.05. The van der Waals surface area contributed by atoms with E-state index >= 15 is 0 Å². The highest BCUT2D eigenvalue weighted by atomic mass is 16.5. The zero-order chi connectivity index (χ0) is 18.1. The third-order valence-corrected chi connectivity index (χ3v) is 4.67. The molecule has 2 N–H and O–H groups in total. The van der Waals surface area contributed by atoms with E-state index in [2.05, 4.69) is 10.6 Å². The number of amides is 3. The smallest absolute Gasteiger partial charge is 0.321 e. The van der Waals surface area contributed by atoms with E-state index in [1.165, 1.54) is 6.42 Å². The summed E-state index contributed by atoms with van der Waals surface area (Å²) in [5.41, 5.74) is 0. The molecule has 0 bridgehead atoms. The lowest BCUT2D eigenvalue weighted by molar-refractivity contribution is -0.124. The Bertz CT molecular complexity index is 544. The van der Waals surface area contributed by atoms with Crippen LogP contribution in [0.2, 0.25) is 0 Å². The molecule has 0 aliphatic heterocycles. The fraction of sp³-hybridized carbons (Fsp3) is 0.579. The maximum atomic E-state index is 12.2. The number of para-hydroxylation sites is 1. The van der Waals surface area contributed by atoms with Gasteiger partial charge in [0, 0.05) is 12.6 Å². The van der Waals surface area contributed by atoms with E-state index in [4.69, 9.17) is 4.74 Å². The second kappa shape index (κ2) is 10.0. The molecule has 0 radical (unpaired) electrons. The normalized spacial score (nSPS) is 16.3. The molecule has 3 amide bonds. The summed E-state index contributed by atoms with van der Waals surface area (Å²) in [6, 6.07) is 8.95. The molecule has 1 aliphatic rings. The van der Waals surface area contributed by atoms with Crippen molar-refractivity contribution < 1.29 is 14.3 Å². The van der Waals surface area contributed by atoms with Gasteiger partial charge < -0.3 is 10.1 Å². The molecule has 0 saturated heterocycles. The lowest BCUT2D eigenvalue weighted by Crippen LogP contribution is -2.51. The quantitative estimate of drug-likeness (QED) is 0.795. The Morgan fingerprint density at radius 3 is 2.56 bits per heavy atom. The number of hydrogen-bond donors (Lipinski definition) is 2. The first kappa shape index (κ1) is 19.2. The van der Waals surface area contributed by atoms with Crippen LogP contribution in [0.25, 0.3) is 0 Å². The Balaban J connectivity index is 1.67. The van der Waals surface area contributed by atoms with Crippen molar-refractivity contribution in [3.8, 4) is 5.75 Å². The van der Waals surface area contributed by atoms with Gasteiger partial charge in [-0.25, -0.2) is 4.79 Å². The predicted octanol–water partition coefficient (Wildman–Crippen LogP) is 2.54. The van der Waals surface area contributed by atoms with Crippen LogP contribution in [0.4, 0.5) is 4.79 Å². The van der Waals surface area contributed by atoms with Gasteiger partial charge in [-0.05, 0) is 38.9 Å². The minimum atomic E-state index is -0.406. The van der Waals surface area contributed by atoms with Gasteiger partial charge in [-0.3, -0.25) is 15.0 Å².